The summed E-state index contributed by atoms with van der Waals surface area (Å²) in [7, 11) is 0. The molecule has 1 aliphatic rings. The van der Waals surface area contributed by atoms with E-state index in [2.05, 4.69) is 25.2 Å². The molecule has 1 aliphatic heterocycles. The quantitative estimate of drug-likeness (QED) is 0.234. The van der Waals surface area contributed by atoms with Crippen molar-refractivity contribution in [3.63, 3.8) is 0 Å². The Morgan fingerprint density at radius 3 is 2.66 bits per heavy atom. The third-order valence-electron chi connectivity index (χ3n) is 5.35. The van der Waals surface area contributed by atoms with E-state index in [-0.39, 0.29) is 9.88 Å². The molecule has 4 heterocycles. The summed E-state index contributed by atoms with van der Waals surface area (Å²) < 4.78 is 0. The van der Waals surface area contributed by atoms with E-state index in [0.717, 1.165) is 28.2 Å². The molecular formula is C24H17ClN6O3S. The maximum Gasteiger partial charge on any atom is 0.324 e. The lowest BCUT2D eigenvalue weighted by molar-refractivity contribution is -0.380. The molecule has 0 saturated heterocycles. The van der Waals surface area contributed by atoms with Crippen molar-refractivity contribution in [1.82, 2.24) is 15.3 Å². The molecule has 174 valence electrons. The highest BCUT2D eigenvalue weighted by molar-refractivity contribution is 7.17. The van der Waals surface area contributed by atoms with Crippen molar-refractivity contribution in [2.45, 2.75) is 6.54 Å². The number of nitrogens with zero attached hydrogens (tertiary/aromatic N) is 5. The highest BCUT2D eigenvalue weighted by atomic mass is 35.5. The molecule has 1 amide bonds. The first-order valence-corrected chi connectivity index (χ1v) is 11.7. The Bertz CT molecular complexity index is 1440. The number of anilines is 1. The first-order valence-electron chi connectivity index (χ1n) is 10.5. The zero-order chi connectivity index (χ0) is 24.4. The van der Waals surface area contributed by atoms with E-state index < -0.39 is 10.8 Å². The zero-order valence-corrected chi connectivity index (χ0v) is 19.7. The summed E-state index contributed by atoms with van der Waals surface area (Å²) in [6, 6.07) is 18.1. The number of carbonyl (C=O) groups excluding carboxylic acids is 1. The zero-order valence-electron chi connectivity index (χ0n) is 18.1. The highest BCUT2D eigenvalue weighted by Gasteiger charge is 2.25. The number of pyridine rings is 2. The number of amides is 1. The molecular weight excluding hydrogens is 488 g/mol. The van der Waals surface area contributed by atoms with Crippen molar-refractivity contribution in [2.24, 2.45) is 4.99 Å². The van der Waals surface area contributed by atoms with Crippen LogP contribution in [0.15, 0.2) is 78.0 Å². The minimum absolute atomic E-state index is 0.100. The third kappa shape index (κ3) is 4.88. The van der Waals surface area contributed by atoms with Crippen LogP contribution in [0.3, 0.4) is 0 Å². The number of benzene rings is 1. The van der Waals surface area contributed by atoms with Crippen LogP contribution in [-0.2, 0) is 6.54 Å². The largest absolute Gasteiger partial charge is 0.346 e. The predicted octanol–water partition coefficient (Wildman–Crippen LogP) is 4.92. The second-order valence-electron chi connectivity index (χ2n) is 7.64. The number of hydrogen-bond acceptors (Lipinski definition) is 8. The minimum Gasteiger partial charge on any atom is -0.346 e. The number of aliphatic imine (C=N–C) groups is 1. The van der Waals surface area contributed by atoms with Crippen LogP contribution in [0.2, 0.25) is 5.15 Å². The SMILES string of the molecule is O=C(NC1=NCN(Cc2ccccc2)c2cnc(-c3ccc(Cl)nc3)cc21)c1ccc([N+](=O)[O-])s1. The summed E-state index contributed by atoms with van der Waals surface area (Å²) in [6.45, 7) is 0.921. The van der Waals surface area contributed by atoms with Gasteiger partial charge in [-0.25, -0.2) is 9.98 Å². The number of rotatable bonds is 5. The number of carbonyl (C=O) groups is 1. The molecule has 4 aromatic rings. The fourth-order valence-electron chi connectivity index (χ4n) is 3.66. The number of halogens is 1. The first kappa shape index (κ1) is 22.6. The van der Waals surface area contributed by atoms with Crippen LogP contribution < -0.4 is 10.2 Å². The van der Waals surface area contributed by atoms with Crippen molar-refractivity contribution in [3.05, 3.63) is 104 Å². The lowest BCUT2D eigenvalue weighted by atomic mass is 10.1. The van der Waals surface area contributed by atoms with Gasteiger partial charge in [0, 0.05) is 29.9 Å². The molecule has 3 aromatic heterocycles. The fraction of sp³-hybridized carbons (Fsp3) is 0.0833. The van der Waals surface area contributed by atoms with Crippen LogP contribution in [-0.4, -0.2) is 33.3 Å². The van der Waals surface area contributed by atoms with Crippen molar-refractivity contribution < 1.29 is 9.72 Å². The van der Waals surface area contributed by atoms with Crippen LogP contribution in [0.5, 0.6) is 0 Å². The molecule has 5 rings (SSSR count). The van der Waals surface area contributed by atoms with Gasteiger partial charge in [0.2, 0.25) is 0 Å². The number of aromatic nitrogens is 2. The number of hydrogen-bond donors (Lipinski definition) is 1. The molecule has 0 spiro atoms. The van der Waals surface area contributed by atoms with Gasteiger partial charge in [-0.1, -0.05) is 53.3 Å². The highest BCUT2D eigenvalue weighted by Crippen LogP contribution is 2.30. The van der Waals surface area contributed by atoms with Gasteiger partial charge in [-0.2, -0.15) is 0 Å². The van der Waals surface area contributed by atoms with E-state index >= 15 is 0 Å². The van der Waals surface area contributed by atoms with Gasteiger partial charge in [-0.15, -0.1) is 0 Å². The van der Waals surface area contributed by atoms with Gasteiger partial charge in [-0.3, -0.25) is 19.9 Å². The minimum atomic E-state index is -0.519. The second kappa shape index (κ2) is 9.61. The summed E-state index contributed by atoms with van der Waals surface area (Å²) in [5.74, 6) is -0.0910. The third-order valence-corrected chi connectivity index (χ3v) is 6.60. The van der Waals surface area contributed by atoms with Crippen LogP contribution >= 0.6 is 22.9 Å². The molecule has 0 unspecified atom stereocenters. The Morgan fingerprint density at radius 1 is 1.11 bits per heavy atom. The van der Waals surface area contributed by atoms with Gasteiger partial charge in [0.15, 0.2) is 0 Å². The number of fused-ring (bicyclic) bond motifs is 1. The maximum absolute atomic E-state index is 12.9. The average Bonchev–Trinajstić information content (AvgIpc) is 3.37. The number of thiophene rings is 1. The Kier molecular flexibility index (Phi) is 6.21. The van der Waals surface area contributed by atoms with E-state index in [0.29, 0.717) is 35.5 Å². The van der Waals surface area contributed by atoms with Crippen LogP contribution in [0.25, 0.3) is 11.3 Å². The number of amidine groups is 1. The normalized spacial score (nSPS) is 12.6. The van der Waals surface area contributed by atoms with Crippen molar-refractivity contribution in [2.75, 3.05) is 11.6 Å². The summed E-state index contributed by atoms with van der Waals surface area (Å²) >= 11 is 6.74. The number of nitro groups is 1. The van der Waals surface area contributed by atoms with Gasteiger partial charge in [0.05, 0.1) is 27.4 Å². The van der Waals surface area contributed by atoms with Crippen molar-refractivity contribution >= 4 is 45.4 Å². The molecule has 0 radical (unpaired) electrons. The van der Waals surface area contributed by atoms with E-state index in [4.69, 9.17) is 11.6 Å². The molecule has 1 aromatic carbocycles. The summed E-state index contributed by atoms with van der Waals surface area (Å²) in [6.07, 6.45) is 3.38. The number of nitrogens with one attached hydrogen (secondary N) is 1. The lowest BCUT2D eigenvalue weighted by Crippen LogP contribution is -2.38. The molecule has 1 N–H and O–H groups in total. The summed E-state index contributed by atoms with van der Waals surface area (Å²) in [5.41, 5.74) is 4.01. The van der Waals surface area contributed by atoms with Crippen molar-refractivity contribution in [3.8, 4) is 11.3 Å². The van der Waals surface area contributed by atoms with Gasteiger partial charge in [0.25, 0.3) is 5.91 Å². The van der Waals surface area contributed by atoms with Gasteiger partial charge < -0.3 is 10.2 Å². The van der Waals surface area contributed by atoms with E-state index in [1.54, 1.807) is 18.5 Å². The molecule has 9 nitrogen and oxygen atoms in total. The van der Waals surface area contributed by atoms with E-state index in [1.807, 2.05) is 42.5 Å². The molecule has 35 heavy (non-hydrogen) atoms. The summed E-state index contributed by atoms with van der Waals surface area (Å²) in [4.78, 5) is 39.0. The average molecular weight is 505 g/mol. The van der Waals surface area contributed by atoms with Gasteiger partial charge in [-0.05, 0) is 29.8 Å². The maximum atomic E-state index is 12.9. The van der Waals surface area contributed by atoms with E-state index in [1.165, 1.54) is 12.1 Å². The molecule has 0 atom stereocenters. The molecule has 0 aliphatic carbocycles. The lowest BCUT2D eigenvalue weighted by Gasteiger charge is -2.30. The van der Waals surface area contributed by atoms with Crippen LogP contribution in [0.1, 0.15) is 20.8 Å². The van der Waals surface area contributed by atoms with Crippen molar-refractivity contribution in [1.29, 1.82) is 0 Å². The Balaban J connectivity index is 1.49. The van der Waals surface area contributed by atoms with Gasteiger partial charge >= 0.3 is 5.00 Å². The fourth-order valence-corrected chi connectivity index (χ4v) is 4.48. The Morgan fingerprint density at radius 2 is 1.94 bits per heavy atom. The predicted molar refractivity (Wildman–Crippen MR) is 135 cm³/mol. The molecule has 0 bridgehead atoms. The first-order chi connectivity index (χ1) is 17.0. The van der Waals surface area contributed by atoms with Gasteiger partial charge in [0.1, 0.15) is 17.7 Å². The summed E-state index contributed by atoms with van der Waals surface area (Å²) in [5, 5.41) is 14.1. The van der Waals surface area contributed by atoms with Crippen LogP contribution in [0, 0.1) is 10.1 Å². The van der Waals surface area contributed by atoms with E-state index in [9.17, 15) is 14.9 Å². The molecule has 0 fully saturated rings. The van der Waals surface area contributed by atoms with Crippen LogP contribution in [0.4, 0.5) is 10.7 Å². The Labute approximate surface area is 208 Å². The molecule has 0 saturated carbocycles. The second-order valence-corrected chi connectivity index (χ2v) is 9.09. The monoisotopic (exact) mass is 504 g/mol. The molecule has 11 heteroatoms. The Hall–Kier alpha value is -4.15. The topological polar surface area (TPSA) is 114 Å². The smallest absolute Gasteiger partial charge is 0.324 e. The standard InChI is InChI=1S/C24H17ClN6O3S/c25-21-8-6-16(11-27-21)18-10-17-19(12-26-18)30(13-15-4-2-1-3-5-15)14-28-23(17)29-24(32)20-7-9-22(35-20)31(33)34/h1-12H,13-14H2,(H,28,29,32).